The number of amides is 3. The molecule has 0 unspecified atom stereocenters. The zero-order chi connectivity index (χ0) is 18.4. The average molecular weight is 361 g/mol. The van der Waals surface area contributed by atoms with Gasteiger partial charge in [-0.15, -0.1) is 10.2 Å². The first-order valence-corrected chi connectivity index (χ1v) is 8.98. The summed E-state index contributed by atoms with van der Waals surface area (Å²) in [5.41, 5.74) is 2.09. The van der Waals surface area contributed by atoms with Crippen LogP contribution in [0.3, 0.4) is 0 Å². The van der Waals surface area contributed by atoms with Gasteiger partial charge in [0.2, 0.25) is 11.0 Å². The SMILES string of the molecule is CCNC(=O)N[C@H](C(=O)Nc1nnc(-c2cccc(C)c2)s1)C(C)C. The monoisotopic (exact) mass is 361 g/mol. The molecular formula is C17H23N5O2S. The number of benzene rings is 1. The maximum Gasteiger partial charge on any atom is 0.315 e. The molecule has 1 aromatic heterocycles. The van der Waals surface area contributed by atoms with E-state index in [1.165, 1.54) is 11.3 Å². The average Bonchev–Trinajstić information content (AvgIpc) is 3.01. The highest BCUT2D eigenvalue weighted by Gasteiger charge is 2.25. The van der Waals surface area contributed by atoms with E-state index in [1.54, 1.807) is 0 Å². The third-order valence-electron chi connectivity index (χ3n) is 3.49. The van der Waals surface area contributed by atoms with Gasteiger partial charge in [0.1, 0.15) is 11.0 Å². The number of aromatic nitrogens is 2. The Morgan fingerprint density at radius 3 is 2.64 bits per heavy atom. The lowest BCUT2D eigenvalue weighted by molar-refractivity contribution is -0.118. The highest BCUT2D eigenvalue weighted by atomic mass is 32.1. The number of urea groups is 1. The first-order chi connectivity index (χ1) is 11.9. The Balaban J connectivity index is 2.07. The van der Waals surface area contributed by atoms with Gasteiger partial charge in [-0.25, -0.2) is 4.79 Å². The minimum absolute atomic E-state index is 0.0632. The molecule has 0 saturated heterocycles. The Morgan fingerprint density at radius 1 is 1.24 bits per heavy atom. The molecular weight excluding hydrogens is 338 g/mol. The zero-order valence-electron chi connectivity index (χ0n) is 14.8. The molecule has 1 atom stereocenters. The molecule has 3 N–H and O–H groups in total. The van der Waals surface area contributed by atoms with E-state index in [0.717, 1.165) is 16.1 Å². The predicted octanol–water partition coefficient (Wildman–Crippen LogP) is 2.80. The van der Waals surface area contributed by atoms with E-state index < -0.39 is 6.04 Å². The lowest BCUT2D eigenvalue weighted by atomic mass is 10.0. The molecule has 0 fully saturated rings. The van der Waals surface area contributed by atoms with Crippen molar-refractivity contribution in [2.45, 2.75) is 33.7 Å². The topological polar surface area (TPSA) is 96.0 Å². The molecule has 3 amide bonds. The second kappa shape index (κ2) is 8.57. The van der Waals surface area contributed by atoms with Crippen LogP contribution in [0.2, 0.25) is 0 Å². The van der Waals surface area contributed by atoms with Crippen LogP contribution in [0.15, 0.2) is 24.3 Å². The minimum Gasteiger partial charge on any atom is -0.338 e. The first kappa shape index (κ1) is 18.9. The molecule has 25 heavy (non-hydrogen) atoms. The van der Waals surface area contributed by atoms with Gasteiger partial charge in [0, 0.05) is 12.1 Å². The van der Waals surface area contributed by atoms with Gasteiger partial charge in [0.15, 0.2) is 0 Å². The lowest BCUT2D eigenvalue weighted by Gasteiger charge is -2.20. The van der Waals surface area contributed by atoms with Gasteiger partial charge < -0.3 is 10.6 Å². The number of carbonyl (C=O) groups is 2. The van der Waals surface area contributed by atoms with Gasteiger partial charge in [0.25, 0.3) is 0 Å². The van der Waals surface area contributed by atoms with Crippen LogP contribution in [0.1, 0.15) is 26.3 Å². The van der Waals surface area contributed by atoms with Crippen molar-refractivity contribution in [2.24, 2.45) is 5.92 Å². The summed E-state index contributed by atoms with van der Waals surface area (Å²) in [6.45, 7) is 8.06. The maximum absolute atomic E-state index is 12.5. The molecule has 0 aliphatic rings. The van der Waals surface area contributed by atoms with Crippen molar-refractivity contribution in [3.63, 3.8) is 0 Å². The molecule has 0 spiro atoms. The Kier molecular flexibility index (Phi) is 6.46. The molecule has 2 rings (SSSR count). The third-order valence-corrected chi connectivity index (χ3v) is 4.38. The maximum atomic E-state index is 12.5. The zero-order valence-corrected chi connectivity index (χ0v) is 15.6. The number of aryl methyl sites for hydroxylation is 1. The Morgan fingerprint density at radius 2 is 2.00 bits per heavy atom. The van der Waals surface area contributed by atoms with Crippen LogP contribution in [-0.4, -0.2) is 34.7 Å². The molecule has 134 valence electrons. The number of anilines is 1. The van der Waals surface area contributed by atoms with Crippen molar-refractivity contribution in [1.82, 2.24) is 20.8 Å². The molecule has 0 aliphatic heterocycles. The summed E-state index contributed by atoms with van der Waals surface area (Å²) >= 11 is 1.30. The van der Waals surface area contributed by atoms with E-state index >= 15 is 0 Å². The van der Waals surface area contributed by atoms with Crippen LogP contribution in [-0.2, 0) is 4.79 Å². The smallest absolute Gasteiger partial charge is 0.315 e. The molecule has 1 heterocycles. The van der Waals surface area contributed by atoms with E-state index in [2.05, 4.69) is 26.1 Å². The molecule has 7 nitrogen and oxygen atoms in total. The van der Waals surface area contributed by atoms with Gasteiger partial charge in [-0.2, -0.15) is 0 Å². The van der Waals surface area contributed by atoms with Crippen molar-refractivity contribution in [1.29, 1.82) is 0 Å². The van der Waals surface area contributed by atoms with Crippen molar-refractivity contribution < 1.29 is 9.59 Å². The third kappa shape index (κ3) is 5.25. The Hall–Kier alpha value is -2.48. The van der Waals surface area contributed by atoms with Crippen molar-refractivity contribution in [2.75, 3.05) is 11.9 Å². The van der Waals surface area contributed by atoms with E-state index in [4.69, 9.17) is 0 Å². The first-order valence-electron chi connectivity index (χ1n) is 8.16. The number of hydrogen-bond donors (Lipinski definition) is 3. The molecule has 0 bridgehead atoms. The Labute approximate surface area is 151 Å². The van der Waals surface area contributed by atoms with Crippen molar-refractivity contribution in [3.05, 3.63) is 29.8 Å². The molecule has 8 heteroatoms. The Bertz CT molecular complexity index is 744. The standard InChI is InChI=1S/C17H23N5O2S/c1-5-18-16(24)19-13(10(2)3)14(23)20-17-22-21-15(25-17)12-8-6-7-11(4)9-12/h6-10,13H,5H2,1-4H3,(H2,18,19,24)(H,20,22,23)/t13-/m0/s1. The fraction of sp³-hybridized carbons (Fsp3) is 0.412. The van der Waals surface area contributed by atoms with Gasteiger partial charge in [0.05, 0.1) is 0 Å². The van der Waals surface area contributed by atoms with Crippen LogP contribution >= 0.6 is 11.3 Å². The molecule has 0 radical (unpaired) electrons. The van der Waals surface area contributed by atoms with Gasteiger partial charge >= 0.3 is 6.03 Å². The van der Waals surface area contributed by atoms with Gasteiger partial charge in [-0.05, 0) is 25.8 Å². The summed E-state index contributed by atoms with van der Waals surface area (Å²) in [4.78, 5) is 24.2. The molecule has 1 aromatic carbocycles. The second-order valence-electron chi connectivity index (χ2n) is 6.00. The van der Waals surface area contributed by atoms with Gasteiger partial charge in [-0.1, -0.05) is 48.9 Å². The number of nitrogens with zero attached hydrogens (tertiary/aromatic N) is 2. The van der Waals surface area contributed by atoms with E-state index in [-0.39, 0.29) is 17.9 Å². The highest BCUT2D eigenvalue weighted by molar-refractivity contribution is 7.18. The van der Waals surface area contributed by atoms with Crippen LogP contribution in [0.25, 0.3) is 10.6 Å². The summed E-state index contributed by atoms with van der Waals surface area (Å²) < 4.78 is 0. The predicted molar refractivity (Wildman–Crippen MR) is 99.5 cm³/mol. The van der Waals surface area contributed by atoms with Gasteiger partial charge in [-0.3, -0.25) is 10.1 Å². The summed E-state index contributed by atoms with van der Waals surface area (Å²) in [6.07, 6.45) is 0. The largest absolute Gasteiger partial charge is 0.338 e. The fourth-order valence-electron chi connectivity index (χ4n) is 2.24. The number of hydrogen-bond acceptors (Lipinski definition) is 5. The van der Waals surface area contributed by atoms with E-state index in [9.17, 15) is 9.59 Å². The number of rotatable bonds is 6. The van der Waals surface area contributed by atoms with Crippen molar-refractivity contribution in [3.8, 4) is 10.6 Å². The van der Waals surface area contributed by atoms with Crippen LogP contribution < -0.4 is 16.0 Å². The molecule has 0 aliphatic carbocycles. The second-order valence-corrected chi connectivity index (χ2v) is 6.97. The van der Waals surface area contributed by atoms with Crippen molar-refractivity contribution >= 4 is 28.4 Å². The minimum atomic E-state index is -0.655. The molecule has 2 aromatic rings. The van der Waals surface area contributed by atoms with E-state index in [1.807, 2.05) is 52.0 Å². The summed E-state index contributed by atoms with van der Waals surface area (Å²) in [5.74, 6) is -0.375. The summed E-state index contributed by atoms with van der Waals surface area (Å²) in [7, 11) is 0. The highest BCUT2D eigenvalue weighted by Crippen LogP contribution is 2.27. The number of carbonyl (C=O) groups excluding carboxylic acids is 2. The van der Waals surface area contributed by atoms with Crippen LogP contribution in [0, 0.1) is 12.8 Å². The van der Waals surface area contributed by atoms with Crippen LogP contribution in [0.4, 0.5) is 9.93 Å². The fourth-order valence-corrected chi connectivity index (χ4v) is 2.98. The number of nitrogens with one attached hydrogen (secondary N) is 3. The molecule has 0 saturated carbocycles. The quantitative estimate of drug-likeness (QED) is 0.737. The van der Waals surface area contributed by atoms with Crippen LogP contribution in [0.5, 0.6) is 0 Å². The van der Waals surface area contributed by atoms with E-state index in [0.29, 0.717) is 11.7 Å². The summed E-state index contributed by atoms with van der Waals surface area (Å²) in [6, 6.07) is 6.90. The lowest BCUT2D eigenvalue weighted by Crippen LogP contribution is -2.50. The normalized spacial score (nSPS) is 11.9. The summed E-state index contributed by atoms with van der Waals surface area (Å²) in [5, 5.41) is 17.3.